The summed E-state index contributed by atoms with van der Waals surface area (Å²) >= 11 is 0. The van der Waals surface area contributed by atoms with Crippen LogP contribution >= 0.6 is 0 Å². The lowest BCUT2D eigenvalue weighted by Crippen LogP contribution is -3.00. The maximum atomic E-state index is 10.2. The lowest BCUT2D eigenvalue weighted by molar-refractivity contribution is -0.137. The Bertz CT molecular complexity index is 302. The minimum atomic E-state index is -0.755. The van der Waals surface area contributed by atoms with E-state index in [0.29, 0.717) is 6.42 Å². The summed E-state index contributed by atoms with van der Waals surface area (Å²) in [5, 5.41) is 8.43. The topological polar surface area (TPSA) is 63.3 Å². The summed E-state index contributed by atoms with van der Waals surface area (Å²) in [7, 11) is 0. The molecule has 0 aliphatic rings. The summed E-state index contributed by atoms with van der Waals surface area (Å²) in [6.45, 7) is 0. The third-order valence-corrected chi connectivity index (χ3v) is 1.89. The van der Waals surface area contributed by atoms with Crippen LogP contribution in [-0.2, 0) is 11.2 Å². The molecule has 0 radical (unpaired) electrons. The second-order valence-electron chi connectivity index (χ2n) is 2.95. The fourth-order valence-electron chi connectivity index (χ4n) is 1.19. The highest BCUT2D eigenvalue weighted by atomic mass is 35.5. The zero-order valence-corrected chi connectivity index (χ0v) is 8.50. The lowest BCUT2D eigenvalue weighted by atomic mass is 10.1. The van der Waals surface area contributed by atoms with Crippen molar-refractivity contribution in [3.05, 3.63) is 29.8 Å². The molecule has 0 aliphatic heterocycles. The molecule has 0 spiro atoms. The molecule has 0 unspecified atom stereocenters. The second-order valence-corrected chi connectivity index (χ2v) is 2.95. The molecule has 0 aromatic heterocycles. The number of carboxylic acid groups (broad SMARTS) is 1. The molecule has 0 bridgehead atoms. The highest BCUT2D eigenvalue weighted by Gasteiger charge is 2.00. The van der Waals surface area contributed by atoms with E-state index in [2.05, 4.69) is 0 Å². The Labute approximate surface area is 89.3 Å². The van der Waals surface area contributed by atoms with E-state index < -0.39 is 5.97 Å². The van der Waals surface area contributed by atoms with Gasteiger partial charge in [-0.2, -0.15) is 0 Å². The molecule has 0 saturated heterocycles. The fourth-order valence-corrected chi connectivity index (χ4v) is 1.19. The molecule has 3 N–H and O–H groups in total. The molecular weight excluding hydrogens is 202 g/mol. The number of carbonyl (C=O) groups is 1. The summed E-state index contributed by atoms with van der Waals surface area (Å²) in [5.41, 5.74) is 7.46. The number of aliphatic carboxylic acids is 1. The molecule has 0 amide bonds. The zero-order valence-electron chi connectivity index (χ0n) is 7.74. The third kappa shape index (κ3) is 4.14. The number of hydrogen-bond donors (Lipinski definition) is 2. The highest BCUT2D eigenvalue weighted by molar-refractivity contribution is 5.66. The van der Waals surface area contributed by atoms with Crippen LogP contribution < -0.4 is 18.1 Å². The van der Waals surface area contributed by atoms with Crippen LogP contribution in [0.2, 0.25) is 0 Å². The van der Waals surface area contributed by atoms with Gasteiger partial charge in [0.25, 0.3) is 0 Å². The van der Waals surface area contributed by atoms with Gasteiger partial charge in [-0.1, -0.05) is 18.2 Å². The van der Waals surface area contributed by atoms with Crippen molar-refractivity contribution in [2.24, 2.45) is 0 Å². The first-order chi connectivity index (χ1) is 6.20. The monoisotopic (exact) mass is 214 g/mol. The van der Waals surface area contributed by atoms with Crippen molar-refractivity contribution in [3.8, 4) is 0 Å². The maximum Gasteiger partial charge on any atom is 0.303 e. The van der Waals surface area contributed by atoms with Crippen LogP contribution in [0.3, 0.4) is 0 Å². The average molecular weight is 215 g/mol. The normalized spacial score (nSPS) is 9.14. The molecule has 1 aromatic carbocycles. The smallest absolute Gasteiger partial charge is 0.303 e. The Morgan fingerprint density at radius 2 is 2.00 bits per heavy atom. The Kier molecular flexibility index (Phi) is 5.72. The number of nitrogen functional groups attached to an aromatic ring is 1. The summed E-state index contributed by atoms with van der Waals surface area (Å²) < 4.78 is 0. The van der Waals surface area contributed by atoms with Gasteiger partial charge in [0.2, 0.25) is 0 Å². The number of halogens is 1. The second kappa shape index (κ2) is 6.27. The van der Waals surface area contributed by atoms with E-state index in [9.17, 15) is 4.79 Å². The fraction of sp³-hybridized carbons (Fsp3) is 0.300. The predicted octanol–water partition coefficient (Wildman–Crippen LogP) is -1.32. The highest BCUT2D eigenvalue weighted by Crippen LogP contribution is 2.13. The largest absolute Gasteiger partial charge is 1.00 e. The molecule has 1 rings (SSSR count). The van der Waals surface area contributed by atoms with Gasteiger partial charge in [-0.25, -0.2) is 0 Å². The van der Waals surface area contributed by atoms with Crippen LogP contribution in [0, 0.1) is 0 Å². The molecule has 0 aliphatic carbocycles. The summed E-state index contributed by atoms with van der Waals surface area (Å²) in [6.07, 6.45) is 1.58. The number of anilines is 1. The molecule has 0 atom stereocenters. The third-order valence-electron chi connectivity index (χ3n) is 1.89. The average Bonchev–Trinajstić information content (AvgIpc) is 2.08. The number of rotatable bonds is 4. The Morgan fingerprint density at radius 3 is 2.57 bits per heavy atom. The van der Waals surface area contributed by atoms with Gasteiger partial charge in [-0.3, -0.25) is 4.79 Å². The predicted molar refractivity (Wildman–Crippen MR) is 51.4 cm³/mol. The van der Waals surface area contributed by atoms with Crippen molar-refractivity contribution >= 4 is 11.7 Å². The molecule has 0 saturated carbocycles. The first-order valence-electron chi connectivity index (χ1n) is 4.25. The minimum Gasteiger partial charge on any atom is -1.00 e. The molecule has 0 heterocycles. The van der Waals surface area contributed by atoms with E-state index in [0.717, 1.165) is 17.7 Å². The van der Waals surface area contributed by atoms with E-state index in [-0.39, 0.29) is 18.8 Å². The standard InChI is InChI=1S/C10H13NO2.ClH/c11-9-6-2-1-4-8(9)5-3-7-10(12)13;/h1-2,4,6H,3,5,7,11H2,(H,12,13);1H/p-1. The van der Waals surface area contributed by atoms with E-state index in [1.165, 1.54) is 0 Å². The molecule has 4 heteroatoms. The zero-order chi connectivity index (χ0) is 9.68. The molecular formula is C10H13ClNO2-. The van der Waals surface area contributed by atoms with Crippen LogP contribution in [0.1, 0.15) is 18.4 Å². The van der Waals surface area contributed by atoms with Crippen molar-refractivity contribution in [3.63, 3.8) is 0 Å². The van der Waals surface area contributed by atoms with E-state index in [4.69, 9.17) is 10.8 Å². The Morgan fingerprint density at radius 1 is 1.36 bits per heavy atom. The summed E-state index contributed by atoms with van der Waals surface area (Å²) in [5.74, 6) is -0.755. The van der Waals surface area contributed by atoms with Gasteiger partial charge in [-0.05, 0) is 24.5 Å². The number of carboxylic acids is 1. The van der Waals surface area contributed by atoms with Gasteiger partial charge in [0.1, 0.15) is 0 Å². The van der Waals surface area contributed by atoms with Crippen molar-refractivity contribution in [1.29, 1.82) is 0 Å². The van der Waals surface area contributed by atoms with Crippen molar-refractivity contribution < 1.29 is 22.3 Å². The van der Waals surface area contributed by atoms with Gasteiger partial charge in [0, 0.05) is 12.1 Å². The van der Waals surface area contributed by atoms with Crippen molar-refractivity contribution in [2.75, 3.05) is 5.73 Å². The van der Waals surface area contributed by atoms with E-state index in [1.54, 1.807) is 0 Å². The van der Waals surface area contributed by atoms with E-state index in [1.807, 2.05) is 24.3 Å². The lowest BCUT2D eigenvalue weighted by Gasteiger charge is -2.02. The van der Waals surface area contributed by atoms with Crippen LogP contribution in [0.5, 0.6) is 0 Å². The number of aryl methyl sites for hydroxylation is 1. The van der Waals surface area contributed by atoms with Gasteiger partial charge in [0.15, 0.2) is 0 Å². The summed E-state index contributed by atoms with van der Waals surface area (Å²) in [4.78, 5) is 10.2. The SMILES string of the molecule is Nc1ccccc1CCCC(=O)O.[Cl-]. The van der Waals surface area contributed by atoms with E-state index >= 15 is 0 Å². The van der Waals surface area contributed by atoms with Crippen LogP contribution in [0.25, 0.3) is 0 Å². The van der Waals surface area contributed by atoms with Crippen LogP contribution in [-0.4, -0.2) is 11.1 Å². The minimum absolute atomic E-state index is 0. The molecule has 0 fully saturated rings. The van der Waals surface area contributed by atoms with Gasteiger partial charge < -0.3 is 23.2 Å². The maximum absolute atomic E-state index is 10.2. The summed E-state index contributed by atoms with van der Waals surface area (Å²) in [6, 6.07) is 7.54. The molecule has 14 heavy (non-hydrogen) atoms. The van der Waals surface area contributed by atoms with Gasteiger partial charge >= 0.3 is 5.97 Å². The molecule has 3 nitrogen and oxygen atoms in total. The quantitative estimate of drug-likeness (QED) is 0.612. The molecule has 78 valence electrons. The van der Waals surface area contributed by atoms with Crippen LogP contribution in [0.15, 0.2) is 24.3 Å². The first-order valence-corrected chi connectivity index (χ1v) is 4.25. The molecule has 1 aromatic rings. The Balaban J connectivity index is 0.00000169. The van der Waals surface area contributed by atoms with Crippen molar-refractivity contribution in [2.45, 2.75) is 19.3 Å². The van der Waals surface area contributed by atoms with Crippen LogP contribution in [0.4, 0.5) is 5.69 Å². The van der Waals surface area contributed by atoms with Crippen molar-refractivity contribution in [1.82, 2.24) is 0 Å². The number of para-hydroxylation sites is 1. The number of nitrogens with two attached hydrogens (primary N) is 1. The first kappa shape index (κ1) is 12.8. The number of benzene rings is 1. The van der Waals surface area contributed by atoms with Gasteiger partial charge in [-0.15, -0.1) is 0 Å². The number of hydrogen-bond acceptors (Lipinski definition) is 2. The van der Waals surface area contributed by atoms with Gasteiger partial charge in [0.05, 0.1) is 0 Å². The Hall–Kier alpha value is -1.22.